The van der Waals surface area contributed by atoms with Crippen LogP contribution in [-0.2, 0) is 16.0 Å². The summed E-state index contributed by atoms with van der Waals surface area (Å²) in [4.78, 5) is 24.3. The largest absolute Gasteiger partial charge is 0.444 e. The Bertz CT molecular complexity index is 507. The molecular weight excluding hydrogens is 263 g/mol. The molecule has 0 saturated carbocycles. The monoisotopic (exact) mass is 280 g/mol. The summed E-state index contributed by atoms with van der Waals surface area (Å²) in [6.45, 7) is 0.971. The van der Waals surface area contributed by atoms with Crippen LogP contribution < -0.4 is 5.32 Å². The van der Waals surface area contributed by atoms with Crippen molar-refractivity contribution in [1.82, 2.24) is 10.2 Å². The first-order chi connectivity index (χ1) is 9.54. The molecule has 1 aliphatic rings. The van der Waals surface area contributed by atoms with Crippen molar-refractivity contribution in [1.29, 1.82) is 0 Å². The maximum Gasteiger partial charge on any atom is 0.409 e. The lowest BCUT2D eigenvalue weighted by Gasteiger charge is -2.09. The van der Waals surface area contributed by atoms with Crippen LogP contribution in [0.25, 0.3) is 0 Å². The van der Waals surface area contributed by atoms with Gasteiger partial charge in [-0.2, -0.15) is 0 Å². The van der Waals surface area contributed by atoms with Gasteiger partial charge >= 0.3 is 6.09 Å². The summed E-state index contributed by atoms with van der Waals surface area (Å²) in [6, 6.07) is 5.96. The van der Waals surface area contributed by atoms with Gasteiger partial charge in [0.2, 0.25) is 5.91 Å². The van der Waals surface area contributed by atoms with Crippen molar-refractivity contribution < 1.29 is 18.7 Å². The average molecular weight is 280 g/mol. The Hall–Kier alpha value is -2.11. The van der Waals surface area contributed by atoms with E-state index in [1.165, 1.54) is 17.0 Å². The van der Waals surface area contributed by atoms with E-state index in [2.05, 4.69) is 5.32 Å². The number of rotatable bonds is 5. The number of benzene rings is 1. The molecule has 0 bridgehead atoms. The Morgan fingerprint density at radius 2 is 2.35 bits per heavy atom. The van der Waals surface area contributed by atoms with Crippen LogP contribution in [0.15, 0.2) is 24.3 Å². The average Bonchev–Trinajstić information content (AvgIpc) is 2.68. The minimum atomic E-state index is -0.351. The molecule has 108 valence electrons. The molecular formula is C14H17FN2O3. The van der Waals surface area contributed by atoms with Gasteiger partial charge in [0.05, 0.1) is 13.0 Å². The maximum atomic E-state index is 13.0. The van der Waals surface area contributed by atoms with Crippen LogP contribution in [0.2, 0.25) is 0 Å². The first-order valence-corrected chi connectivity index (χ1v) is 6.47. The lowest BCUT2D eigenvalue weighted by molar-refractivity contribution is -0.120. The number of hydrogen-bond acceptors (Lipinski definition) is 3. The fourth-order valence-electron chi connectivity index (χ4n) is 2.07. The van der Waals surface area contributed by atoms with Gasteiger partial charge in [-0.15, -0.1) is 0 Å². The van der Waals surface area contributed by atoms with Gasteiger partial charge in [-0.05, 0) is 17.7 Å². The highest BCUT2D eigenvalue weighted by molar-refractivity contribution is 5.78. The number of cyclic esters (lactones) is 1. The van der Waals surface area contributed by atoms with E-state index in [1.54, 1.807) is 19.2 Å². The number of halogens is 1. The first-order valence-electron chi connectivity index (χ1n) is 6.47. The predicted octanol–water partition coefficient (Wildman–Crippen LogP) is 1.33. The van der Waals surface area contributed by atoms with Crippen molar-refractivity contribution >= 4 is 12.0 Å². The summed E-state index contributed by atoms with van der Waals surface area (Å²) in [7, 11) is 1.67. The second-order valence-corrected chi connectivity index (χ2v) is 4.83. The van der Waals surface area contributed by atoms with Crippen molar-refractivity contribution in [3.8, 4) is 0 Å². The van der Waals surface area contributed by atoms with E-state index in [1.807, 2.05) is 0 Å². The number of carbonyl (C=O) groups is 2. The molecule has 1 saturated heterocycles. The second kappa shape index (κ2) is 6.36. The Labute approximate surface area is 116 Å². The lowest BCUT2D eigenvalue weighted by Crippen LogP contribution is -2.29. The van der Waals surface area contributed by atoms with Crippen LogP contribution in [0.1, 0.15) is 12.0 Å². The number of amides is 2. The molecule has 0 aromatic heterocycles. The minimum Gasteiger partial charge on any atom is -0.444 e. The fourth-order valence-corrected chi connectivity index (χ4v) is 2.07. The maximum absolute atomic E-state index is 13.0. The molecule has 5 nitrogen and oxygen atoms in total. The van der Waals surface area contributed by atoms with Crippen molar-refractivity contribution in [3.63, 3.8) is 0 Å². The summed E-state index contributed by atoms with van der Waals surface area (Å²) in [5.41, 5.74) is 0.634. The van der Waals surface area contributed by atoms with E-state index in [0.29, 0.717) is 25.1 Å². The molecule has 1 aromatic carbocycles. The third-order valence-electron chi connectivity index (χ3n) is 3.10. The molecule has 20 heavy (non-hydrogen) atoms. The molecule has 1 aromatic rings. The zero-order valence-corrected chi connectivity index (χ0v) is 11.3. The van der Waals surface area contributed by atoms with Gasteiger partial charge in [0.25, 0.3) is 0 Å². The van der Waals surface area contributed by atoms with Gasteiger partial charge < -0.3 is 15.0 Å². The van der Waals surface area contributed by atoms with Crippen LogP contribution in [0.3, 0.4) is 0 Å². The summed E-state index contributed by atoms with van der Waals surface area (Å²) in [6.07, 6.45) is 0.204. The fraction of sp³-hybridized carbons (Fsp3) is 0.429. The standard InChI is InChI=1S/C14H17FN2O3/c1-17-9-12(20-14(17)19)5-6-16-13(18)8-10-3-2-4-11(15)7-10/h2-4,7,12H,5-6,8-9H2,1H3,(H,16,18). The Morgan fingerprint density at radius 3 is 3.00 bits per heavy atom. The van der Waals surface area contributed by atoms with Gasteiger partial charge in [0, 0.05) is 20.0 Å². The van der Waals surface area contributed by atoms with Crippen LogP contribution >= 0.6 is 0 Å². The SMILES string of the molecule is CN1CC(CCNC(=O)Cc2cccc(F)c2)OC1=O. The van der Waals surface area contributed by atoms with Crippen LogP contribution in [0.4, 0.5) is 9.18 Å². The molecule has 1 aliphatic heterocycles. The van der Waals surface area contributed by atoms with Crippen molar-refractivity contribution in [3.05, 3.63) is 35.6 Å². The normalized spacial score (nSPS) is 18.0. The van der Waals surface area contributed by atoms with Gasteiger partial charge in [-0.3, -0.25) is 4.79 Å². The molecule has 1 fully saturated rings. The molecule has 0 aliphatic carbocycles. The van der Waals surface area contributed by atoms with Crippen LogP contribution in [0.5, 0.6) is 0 Å². The number of ether oxygens (including phenoxy) is 1. The molecule has 2 amide bonds. The van der Waals surface area contributed by atoms with E-state index >= 15 is 0 Å². The molecule has 1 N–H and O–H groups in total. The number of nitrogens with zero attached hydrogens (tertiary/aromatic N) is 1. The zero-order valence-electron chi connectivity index (χ0n) is 11.3. The minimum absolute atomic E-state index is 0.141. The van der Waals surface area contributed by atoms with Gasteiger partial charge in [0.15, 0.2) is 0 Å². The van der Waals surface area contributed by atoms with Gasteiger partial charge in [0.1, 0.15) is 11.9 Å². The smallest absolute Gasteiger partial charge is 0.409 e. The molecule has 0 radical (unpaired) electrons. The first kappa shape index (κ1) is 14.3. The summed E-state index contributed by atoms with van der Waals surface area (Å²) in [5.74, 6) is -0.524. The summed E-state index contributed by atoms with van der Waals surface area (Å²) < 4.78 is 18.0. The molecule has 1 heterocycles. The topological polar surface area (TPSA) is 58.6 Å². The highest BCUT2D eigenvalue weighted by Gasteiger charge is 2.27. The van der Waals surface area contributed by atoms with Crippen LogP contribution in [0, 0.1) is 5.82 Å². The van der Waals surface area contributed by atoms with Gasteiger partial charge in [-0.1, -0.05) is 12.1 Å². The predicted molar refractivity (Wildman–Crippen MR) is 70.6 cm³/mol. The molecule has 0 spiro atoms. The summed E-state index contributed by atoms with van der Waals surface area (Å²) >= 11 is 0. The Morgan fingerprint density at radius 1 is 1.55 bits per heavy atom. The van der Waals surface area contributed by atoms with Crippen molar-refractivity contribution in [2.24, 2.45) is 0 Å². The molecule has 6 heteroatoms. The number of nitrogens with one attached hydrogen (secondary N) is 1. The second-order valence-electron chi connectivity index (χ2n) is 4.83. The summed E-state index contributed by atoms with van der Waals surface area (Å²) in [5, 5.41) is 2.74. The molecule has 1 atom stereocenters. The highest BCUT2D eigenvalue weighted by atomic mass is 19.1. The van der Waals surface area contributed by atoms with E-state index in [0.717, 1.165) is 0 Å². The van der Waals surface area contributed by atoms with E-state index < -0.39 is 0 Å². The molecule has 2 rings (SSSR count). The number of hydrogen-bond donors (Lipinski definition) is 1. The van der Waals surface area contributed by atoms with Gasteiger partial charge in [-0.25, -0.2) is 9.18 Å². The highest BCUT2D eigenvalue weighted by Crippen LogP contribution is 2.11. The van der Waals surface area contributed by atoms with E-state index in [4.69, 9.17) is 4.74 Å². The van der Waals surface area contributed by atoms with E-state index in [9.17, 15) is 14.0 Å². The quantitative estimate of drug-likeness (QED) is 0.885. The third kappa shape index (κ3) is 3.94. The van der Waals surface area contributed by atoms with Crippen molar-refractivity contribution in [2.45, 2.75) is 18.9 Å². The lowest BCUT2D eigenvalue weighted by atomic mass is 10.1. The van der Waals surface area contributed by atoms with E-state index in [-0.39, 0.29) is 30.3 Å². The Kier molecular flexibility index (Phi) is 4.55. The number of carbonyl (C=O) groups excluding carboxylic acids is 2. The third-order valence-corrected chi connectivity index (χ3v) is 3.10. The molecule has 1 unspecified atom stereocenters. The van der Waals surface area contributed by atoms with Crippen LogP contribution in [-0.4, -0.2) is 43.1 Å². The Balaban J connectivity index is 1.69. The van der Waals surface area contributed by atoms with Crippen molar-refractivity contribution in [2.75, 3.05) is 20.1 Å². The zero-order chi connectivity index (χ0) is 14.5. The number of likely N-dealkylation sites (N-methyl/N-ethyl adjacent to an activating group) is 1.